The minimum Gasteiger partial charge on any atom is -0.478 e. The molecule has 0 unspecified atom stereocenters. The highest BCUT2D eigenvalue weighted by molar-refractivity contribution is 6.01. The van der Waals surface area contributed by atoms with Gasteiger partial charge in [-0.15, -0.1) is 5.10 Å². The Morgan fingerprint density at radius 2 is 1.97 bits per heavy atom. The van der Waals surface area contributed by atoms with Crippen LogP contribution in [0.1, 0.15) is 18.9 Å². The predicted molar refractivity (Wildman–Crippen MR) is 137 cm³/mol. The molecule has 0 amide bonds. The maximum Gasteiger partial charge on any atom is 0.256 e. The summed E-state index contributed by atoms with van der Waals surface area (Å²) in [6, 6.07) is 7.77. The van der Waals surface area contributed by atoms with Gasteiger partial charge in [0, 0.05) is 55.7 Å². The van der Waals surface area contributed by atoms with Crippen molar-refractivity contribution in [1.82, 2.24) is 29.3 Å². The van der Waals surface area contributed by atoms with E-state index in [0.717, 1.165) is 48.7 Å². The average molecular weight is 505 g/mol. The highest BCUT2D eigenvalue weighted by Crippen LogP contribution is 2.36. The van der Waals surface area contributed by atoms with Crippen LogP contribution in [0.2, 0.25) is 0 Å². The number of methoxy groups -OCH3 is 1. The van der Waals surface area contributed by atoms with Gasteiger partial charge in [-0.2, -0.15) is 0 Å². The van der Waals surface area contributed by atoms with E-state index in [-0.39, 0.29) is 23.5 Å². The van der Waals surface area contributed by atoms with E-state index in [1.165, 1.54) is 13.2 Å². The molecule has 5 heterocycles. The number of aromatic nitrogens is 6. The zero-order valence-corrected chi connectivity index (χ0v) is 20.4. The molecular weight excluding hydrogens is 478 g/mol. The Bertz CT molecular complexity index is 1560. The quantitative estimate of drug-likeness (QED) is 0.337. The molecule has 5 aromatic rings. The van der Waals surface area contributed by atoms with Gasteiger partial charge in [0.1, 0.15) is 17.2 Å². The third-order valence-electron chi connectivity index (χ3n) is 6.83. The first kappa shape index (κ1) is 23.0. The number of anilines is 3. The minimum atomic E-state index is -0.519. The molecule has 0 saturated carbocycles. The number of hydrogen-bond donors (Lipinski definition) is 2. The van der Waals surface area contributed by atoms with Crippen molar-refractivity contribution < 1.29 is 13.5 Å². The molecule has 1 aliphatic heterocycles. The number of halogens is 2. The molecule has 2 N–H and O–H groups in total. The van der Waals surface area contributed by atoms with Crippen LogP contribution in [0.15, 0.2) is 55.2 Å². The van der Waals surface area contributed by atoms with Crippen LogP contribution < -0.4 is 15.0 Å². The topological polar surface area (TPSA) is 88.8 Å². The van der Waals surface area contributed by atoms with Gasteiger partial charge in [-0.3, -0.25) is 4.68 Å². The van der Waals surface area contributed by atoms with Crippen molar-refractivity contribution in [3.63, 3.8) is 0 Å². The van der Waals surface area contributed by atoms with Crippen molar-refractivity contribution in [2.75, 3.05) is 30.4 Å². The Morgan fingerprint density at radius 3 is 2.73 bits per heavy atom. The minimum absolute atomic E-state index is 0.192. The summed E-state index contributed by atoms with van der Waals surface area (Å²) in [5, 5.41) is 8.14. The van der Waals surface area contributed by atoms with Crippen LogP contribution in [0.3, 0.4) is 0 Å². The third kappa shape index (κ3) is 4.26. The van der Waals surface area contributed by atoms with E-state index in [2.05, 4.69) is 36.3 Å². The summed E-state index contributed by atoms with van der Waals surface area (Å²) in [7, 11) is 3.30. The number of ether oxygens (including phenoxy) is 1. The van der Waals surface area contributed by atoms with E-state index in [4.69, 9.17) is 4.74 Å². The molecule has 1 aromatic carbocycles. The molecule has 0 radical (unpaired) electrons. The Hall–Kier alpha value is -4.41. The van der Waals surface area contributed by atoms with Crippen LogP contribution in [0.5, 0.6) is 5.88 Å². The fourth-order valence-corrected chi connectivity index (χ4v) is 5.06. The van der Waals surface area contributed by atoms with Crippen LogP contribution in [-0.2, 0) is 7.05 Å². The standard InChI is InChI=1S/C26H26F2N8O/c1-34-15-21(25(33-34)37-2)31-26-30-13-20(28)23(32-26)19-12-29-24-18(19)4-3-5-22(24)35-10-7-17(8-11-35)36-9-6-16(27)14-36/h3-6,9,12-15,17,29H,7-8,10-11H2,1-2H3,(H,30,31,32). The second kappa shape index (κ2) is 9.23. The van der Waals surface area contributed by atoms with Crippen molar-refractivity contribution in [2.24, 2.45) is 7.05 Å². The lowest BCUT2D eigenvalue weighted by atomic mass is 10.0. The molecule has 1 aliphatic rings. The van der Waals surface area contributed by atoms with Gasteiger partial charge in [-0.1, -0.05) is 12.1 Å². The summed E-state index contributed by atoms with van der Waals surface area (Å²) in [6.07, 6.45) is 9.85. The molecule has 6 rings (SSSR count). The maximum absolute atomic E-state index is 15.0. The van der Waals surface area contributed by atoms with Gasteiger partial charge in [0.05, 0.1) is 30.7 Å². The van der Waals surface area contributed by atoms with E-state index in [9.17, 15) is 8.78 Å². The molecular formula is C26H26F2N8O. The third-order valence-corrected chi connectivity index (χ3v) is 6.83. The van der Waals surface area contributed by atoms with Gasteiger partial charge in [-0.05, 0) is 25.0 Å². The van der Waals surface area contributed by atoms with Crippen molar-refractivity contribution in [3.8, 4) is 17.1 Å². The zero-order valence-electron chi connectivity index (χ0n) is 20.4. The number of benzene rings is 1. The number of rotatable bonds is 6. The fraction of sp³-hybridized carbons (Fsp3) is 0.269. The van der Waals surface area contributed by atoms with Crippen LogP contribution in [0.25, 0.3) is 22.2 Å². The molecule has 1 saturated heterocycles. The average Bonchev–Trinajstić information content (AvgIpc) is 3.63. The first-order valence-electron chi connectivity index (χ1n) is 12.1. The highest BCUT2D eigenvalue weighted by atomic mass is 19.1. The van der Waals surface area contributed by atoms with Crippen molar-refractivity contribution in [1.29, 1.82) is 0 Å². The second-order valence-electron chi connectivity index (χ2n) is 9.14. The second-order valence-corrected chi connectivity index (χ2v) is 9.14. The van der Waals surface area contributed by atoms with E-state index >= 15 is 0 Å². The van der Waals surface area contributed by atoms with Gasteiger partial charge in [0.25, 0.3) is 5.88 Å². The molecule has 4 aromatic heterocycles. The van der Waals surface area contributed by atoms with Gasteiger partial charge in [-0.25, -0.2) is 18.7 Å². The van der Waals surface area contributed by atoms with Crippen LogP contribution in [0, 0.1) is 11.6 Å². The number of piperidine rings is 1. The normalized spacial score (nSPS) is 14.4. The lowest BCUT2D eigenvalue weighted by Gasteiger charge is -2.34. The van der Waals surface area contributed by atoms with Crippen molar-refractivity contribution >= 4 is 28.2 Å². The number of nitrogens with one attached hydrogen (secondary N) is 2. The highest BCUT2D eigenvalue weighted by Gasteiger charge is 2.23. The molecule has 1 fully saturated rings. The molecule has 9 nitrogen and oxygen atoms in total. The summed E-state index contributed by atoms with van der Waals surface area (Å²) in [6.45, 7) is 1.67. The van der Waals surface area contributed by atoms with Crippen LogP contribution >= 0.6 is 0 Å². The lowest BCUT2D eigenvalue weighted by molar-refractivity contribution is 0.393. The smallest absolute Gasteiger partial charge is 0.256 e. The van der Waals surface area contributed by atoms with E-state index in [1.807, 2.05) is 16.7 Å². The van der Waals surface area contributed by atoms with Gasteiger partial charge < -0.3 is 24.5 Å². The van der Waals surface area contributed by atoms with E-state index < -0.39 is 5.82 Å². The van der Waals surface area contributed by atoms with Crippen LogP contribution in [0.4, 0.5) is 26.1 Å². The zero-order chi connectivity index (χ0) is 25.5. The Morgan fingerprint density at radius 1 is 1.14 bits per heavy atom. The molecule has 190 valence electrons. The van der Waals surface area contributed by atoms with Crippen LogP contribution in [-0.4, -0.2) is 49.5 Å². The number of nitrogens with zero attached hydrogens (tertiary/aromatic N) is 6. The fourth-order valence-electron chi connectivity index (χ4n) is 5.06. The molecule has 0 bridgehead atoms. The number of para-hydroxylation sites is 1. The SMILES string of the molecule is COc1nn(C)cc1Nc1ncc(F)c(-c2c[nH]c3c(N4CCC(n5ccc(F)c5)CC4)cccc23)n1. The van der Waals surface area contributed by atoms with E-state index in [0.29, 0.717) is 17.1 Å². The first-order chi connectivity index (χ1) is 18.0. The largest absolute Gasteiger partial charge is 0.478 e. The number of fused-ring (bicyclic) bond motifs is 1. The number of H-pyrrole nitrogens is 1. The maximum atomic E-state index is 15.0. The van der Waals surface area contributed by atoms with Gasteiger partial charge in [0.2, 0.25) is 5.95 Å². The summed E-state index contributed by atoms with van der Waals surface area (Å²) in [4.78, 5) is 14.2. The Labute approximate surface area is 211 Å². The molecule has 0 aliphatic carbocycles. The summed E-state index contributed by atoms with van der Waals surface area (Å²) >= 11 is 0. The van der Waals surface area contributed by atoms with Crippen molar-refractivity contribution in [2.45, 2.75) is 18.9 Å². The Balaban J connectivity index is 1.28. The number of hydrogen-bond acceptors (Lipinski definition) is 6. The van der Waals surface area contributed by atoms with Gasteiger partial charge >= 0.3 is 0 Å². The summed E-state index contributed by atoms with van der Waals surface area (Å²) in [5.74, 6) is -0.105. The first-order valence-corrected chi connectivity index (χ1v) is 12.1. The summed E-state index contributed by atoms with van der Waals surface area (Å²) in [5.41, 5.74) is 3.39. The molecule has 11 heteroatoms. The lowest BCUT2D eigenvalue weighted by Crippen LogP contribution is -2.34. The van der Waals surface area contributed by atoms with E-state index in [1.54, 1.807) is 36.5 Å². The Kier molecular flexibility index (Phi) is 5.74. The molecule has 37 heavy (non-hydrogen) atoms. The monoisotopic (exact) mass is 504 g/mol. The number of aryl methyl sites for hydroxylation is 1. The molecule has 0 atom stereocenters. The number of aromatic amines is 1. The predicted octanol–water partition coefficient (Wildman–Crippen LogP) is 5.03. The summed E-state index contributed by atoms with van der Waals surface area (Å²) < 4.78 is 37.3. The molecule has 0 spiro atoms. The van der Waals surface area contributed by atoms with Gasteiger partial charge in [0.15, 0.2) is 5.82 Å². The van der Waals surface area contributed by atoms with Crippen molar-refractivity contribution in [3.05, 3.63) is 66.9 Å².